The summed E-state index contributed by atoms with van der Waals surface area (Å²) in [6, 6.07) is 5.00. The smallest absolute Gasteiger partial charge is 0.418 e. The van der Waals surface area contributed by atoms with Gasteiger partial charge in [0.2, 0.25) is 5.91 Å². The molecular formula is C23H23F3N4O5. The number of amides is 5. The summed E-state index contributed by atoms with van der Waals surface area (Å²) in [7, 11) is 1.50. The minimum absolute atomic E-state index is 0.0865. The van der Waals surface area contributed by atoms with E-state index in [0.717, 1.165) is 30.2 Å². The molecule has 5 amide bonds. The molecule has 2 heterocycles. The first kappa shape index (κ1) is 24.3. The van der Waals surface area contributed by atoms with Gasteiger partial charge in [0.1, 0.15) is 12.1 Å². The molecule has 186 valence electrons. The summed E-state index contributed by atoms with van der Waals surface area (Å²) in [4.78, 5) is 52.5. The van der Waals surface area contributed by atoms with E-state index in [4.69, 9.17) is 4.42 Å². The van der Waals surface area contributed by atoms with Crippen LogP contribution in [-0.2, 0) is 15.8 Å². The van der Waals surface area contributed by atoms with Crippen molar-refractivity contribution in [1.29, 1.82) is 0 Å². The lowest BCUT2D eigenvalue weighted by atomic mass is 9.81. The highest BCUT2D eigenvalue weighted by molar-refractivity contribution is 6.10. The Morgan fingerprint density at radius 3 is 2.43 bits per heavy atom. The maximum absolute atomic E-state index is 13.7. The van der Waals surface area contributed by atoms with E-state index in [9.17, 15) is 32.3 Å². The quantitative estimate of drug-likeness (QED) is 0.611. The van der Waals surface area contributed by atoms with Crippen molar-refractivity contribution in [3.8, 4) is 0 Å². The number of furan rings is 1. The molecule has 2 N–H and O–H groups in total. The average molecular weight is 492 g/mol. The minimum Gasteiger partial charge on any atom is -0.459 e. The van der Waals surface area contributed by atoms with Gasteiger partial charge in [0.05, 0.1) is 17.5 Å². The Labute approximate surface area is 198 Å². The molecule has 2 fully saturated rings. The number of imide groups is 1. The predicted octanol–water partition coefficient (Wildman–Crippen LogP) is 4.09. The van der Waals surface area contributed by atoms with Gasteiger partial charge in [0, 0.05) is 12.7 Å². The largest absolute Gasteiger partial charge is 0.459 e. The standard InChI is InChI=1S/C23H23F3N4O5/c1-29-21(34)30(20(33)22(29)9-3-2-4-10-22)13-18(31)28-16-8-7-14(12-15(16)23(24,25)26)27-19(32)17-6-5-11-35-17/h5-8,11-12H,2-4,9-10,13H2,1H3,(H,27,32)(H,28,31). The van der Waals surface area contributed by atoms with Crippen molar-refractivity contribution in [2.45, 2.75) is 43.8 Å². The van der Waals surface area contributed by atoms with Crippen LogP contribution >= 0.6 is 0 Å². The van der Waals surface area contributed by atoms with Crippen molar-refractivity contribution in [1.82, 2.24) is 9.80 Å². The van der Waals surface area contributed by atoms with Gasteiger partial charge in [-0.2, -0.15) is 13.2 Å². The van der Waals surface area contributed by atoms with Gasteiger partial charge in [0.25, 0.3) is 11.8 Å². The van der Waals surface area contributed by atoms with Gasteiger partial charge >= 0.3 is 12.2 Å². The number of carbonyl (C=O) groups is 4. The monoisotopic (exact) mass is 492 g/mol. The number of alkyl halides is 3. The van der Waals surface area contributed by atoms with Gasteiger partial charge in [-0.15, -0.1) is 0 Å². The first-order valence-corrected chi connectivity index (χ1v) is 11.0. The molecule has 0 radical (unpaired) electrons. The van der Waals surface area contributed by atoms with E-state index >= 15 is 0 Å². The molecule has 1 saturated heterocycles. The SMILES string of the molecule is CN1C(=O)N(CC(=O)Nc2ccc(NC(=O)c3ccco3)cc2C(F)(F)F)C(=O)C12CCCCC2. The number of halogens is 3. The highest BCUT2D eigenvalue weighted by atomic mass is 19.4. The zero-order valence-corrected chi connectivity index (χ0v) is 18.8. The predicted molar refractivity (Wildman–Crippen MR) is 117 cm³/mol. The molecular weight excluding hydrogens is 469 g/mol. The Kier molecular flexibility index (Phi) is 6.30. The highest BCUT2D eigenvalue weighted by Crippen LogP contribution is 2.40. The van der Waals surface area contributed by atoms with Crippen LogP contribution in [0.5, 0.6) is 0 Å². The first-order valence-electron chi connectivity index (χ1n) is 11.0. The highest BCUT2D eigenvalue weighted by Gasteiger charge is 2.55. The number of hydrogen-bond donors (Lipinski definition) is 2. The van der Waals surface area contributed by atoms with Gasteiger partial charge in [-0.3, -0.25) is 19.3 Å². The van der Waals surface area contributed by atoms with Crippen LogP contribution in [0.25, 0.3) is 0 Å². The van der Waals surface area contributed by atoms with Gasteiger partial charge in [-0.25, -0.2) is 4.79 Å². The second kappa shape index (κ2) is 9.08. The zero-order valence-electron chi connectivity index (χ0n) is 18.8. The summed E-state index contributed by atoms with van der Waals surface area (Å²) in [5, 5.41) is 4.44. The number of nitrogens with one attached hydrogen (secondary N) is 2. The van der Waals surface area contributed by atoms with Crippen LogP contribution in [0.15, 0.2) is 41.0 Å². The first-order chi connectivity index (χ1) is 16.5. The molecule has 4 rings (SSSR count). The molecule has 1 aliphatic heterocycles. The molecule has 1 spiro atoms. The molecule has 2 aliphatic rings. The van der Waals surface area contributed by atoms with E-state index in [1.54, 1.807) is 0 Å². The maximum Gasteiger partial charge on any atom is 0.418 e. The summed E-state index contributed by atoms with van der Waals surface area (Å²) >= 11 is 0. The molecule has 1 aromatic heterocycles. The van der Waals surface area contributed by atoms with Crippen LogP contribution in [0, 0.1) is 0 Å². The number of carbonyl (C=O) groups excluding carboxylic acids is 4. The fourth-order valence-corrected chi connectivity index (χ4v) is 4.57. The molecule has 1 aliphatic carbocycles. The number of likely N-dealkylation sites (N-methyl/N-ethyl adjacent to an activating group) is 1. The van der Waals surface area contributed by atoms with Crippen LogP contribution < -0.4 is 10.6 Å². The second-order valence-corrected chi connectivity index (χ2v) is 8.56. The molecule has 0 atom stereocenters. The van der Waals surface area contributed by atoms with E-state index in [1.165, 1.54) is 36.4 Å². The topological polar surface area (TPSA) is 112 Å². The van der Waals surface area contributed by atoms with Crippen LogP contribution in [0.2, 0.25) is 0 Å². The lowest BCUT2D eigenvalue weighted by Gasteiger charge is -2.35. The fraction of sp³-hybridized carbons (Fsp3) is 0.391. The summed E-state index contributed by atoms with van der Waals surface area (Å²) in [6.07, 6.45) is -0.179. The third kappa shape index (κ3) is 4.60. The Hall–Kier alpha value is -3.83. The van der Waals surface area contributed by atoms with Gasteiger partial charge in [-0.1, -0.05) is 19.3 Å². The van der Waals surface area contributed by atoms with E-state index in [1.807, 2.05) is 0 Å². The zero-order chi connectivity index (χ0) is 25.4. The molecule has 0 unspecified atom stereocenters. The number of benzene rings is 1. The summed E-state index contributed by atoms with van der Waals surface area (Å²) in [6.45, 7) is -0.710. The molecule has 12 heteroatoms. The summed E-state index contributed by atoms with van der Waals surface area (Å²) in [5.41, 5.74) is -2.94. The van der Waals surface area contributed by atoms with Crippen molar-refractivity contribution < 1.29 is 36.8 Å². The van der Waals surface area contributed by atoms with Crippen LogP contribution in [0.1, 0.15) is 48.2 Å². The van der Waals surface area contributed by atoms with Crippen LogP contribution in [0.4, 0.5) is 29.3 Å². The second-order valence-electron chi connectivity index (χ2n) is 8.56. The summed E-state index contributed by atoms with van der Waals surface area (Å²) < 4.78 is 46.0. The number of anilines is 2. The van der Waals surface area contributed by atoms with Crippen LogP contribution in [0.3, 0.4) is 0 Å². The molecule has 0 bridgehead atoms. The number of rotatable bonds is 5. The van der Waals surface area contributed by atoms with E-state index in [2.05, 4.69) is 10.6 Å². The Bertz CT molecular complexity index is 1160. The van der Waals surface area contributed by atoms with Crippen LogP contribution in [-0.4, -0.2) is 52.7 Å². The van der Waals surface area contributed by atoms with Gasteiger partial charge in [-0.05, 0) is 43.2 Å². The minimum atomic E-state index is -4.86. The fourth-order valence-electron chi connectivity index (χ4n) is 4.57. The maximum atomic E-state index is 13.7. The van der Waals surface area contributed by atoms with E-state index in [0.29, 0.717) is 18.9 Å². The molecule has 35 heavy (non-hydrogen) atoms. The number of hydrogen-bond acceptors (Lipinski definition) is 5. The van der Waals surface area contributed by atoms with Crippen molar-refractivity contribution in [3.05, 3.63) is 47.9 Å². The molecule has 9 nitrogen and oxygen atoms in total. The van der Waals surface area contributed by atoms with E-state index in [-0.39, 0.29) is 11.4 Å². The number of nitrogens with zero attached hydrogens (tertiary/aromatic N) is 2. The van der Waals surface area contributed by atoms with Gasteiger partial charge < -0.3 is 20.0 Å². The third-order valence-corrected chi connectivity index (χ3v) is 6.39. The normalized spacial score (nSPS) is 17.7. The molecule has 2 aromatic rings. The third-order valence-electron chi connectivity index (χ3n) is 6.39. The van der Waals surface area contributed by atoms with Crippen molar-refractivity contribution in [2.24, 2.45) is 0 Å². The molecule has 1 saturated carbocycles. The molecule has 1 aromatic carbocycles. The van der Waals surface area contributed by atoms with E-state index < -0.39 is 53.3 Å². The Morgan fingerprint density at radius 1 is 1.09 bits per heavy atom. The van der Waals surface area contributed by atoms with Crippen molar-refractivity contribution in [3.63, 3.8) is 0 Å². The Morgan fingerprint density at radius 2 is 1.80 bits per heavy atom. The van der Waals surface area contributed by atoms with Crippen molar-refractivity contribution in [2.75, 3.05) is 24.2 Å². The summed E-state index contributed by atoms with van der Waals surface area (Å²) in [5.74, 6) is -2.29. The lowest BCUT2D eigenvalue weighted by Crippen LogP contribution is -2.49. The lowest BCUT2D eigenvalue weighted by molar-refractivity contribution is -0.138. The number of urea groups is 1. The van der Waals surface area contributed by atoms with Crippen molar-refractivity contribution >= 4 is 35.1 Å². The average Bonchev–Trinajstić information content (AvgIpc) is 3.41. The Balaban J connectivity index is 1.50. The van der Waals surface area contributed by atoms with Gasteiger partial charge in [0.15, 0.2) is 5.76 Å².